The summed E-state index contributed by atoms with van der Waals surface area (Å²) in [5.41, 5.74) is 0. The fourth-order valence-electron chi connectivity index (χ4n) is 2.50. The Morgan fingerprint density at radius 1 is 1.12 bits per heavy atom. The lowest BCUT2D eigenvalue weighted by molar-refractivity contribution is 0.184. The highest BCUT2D eigenvalue weighted by Crippen LogP contribution is 2.29. The lowest BCUT2D eigenvalue weighted by atomic mass is 10.1. The Morgan fingerprint density at radius 2 is 1.88 bits per heavy atom. The van der Waals surface area contributed by atoms with E-state index in [2.05, 4.69) is 31.0 Å². The van der Waals surface area contributed by atoms with Gasteiger partial charge in [-0.05, 0) is 65.1 Å². The predicted octanol–water partition coefficient (Wildman–Crippen LogP) is 3.42. The van der Waals surface area contributed by atoms with E-state index >= 15 is 0 Å². The van der Waals surface area contributed by atoms with E-state index < -0.39 is 0 Å². The van der Waals surface area contributed by atoms with E-state index in [9.17, 15) is 0 Å². The van der Waals surface area contributed by atoms with E-state index in [4.69, 9.17) is 0 Å². The third-order valence-electron chi connectivity index (χ3n) is 3.75. The molecule has 1 saturated carbocycles. The minimum absolute atomic E-state index is 0.789. The molecule has 0 spiro atoms. The number of unbranched alkanes of at least 4 members (excludes halogenated alkanes) is 1. The van der Waals surface area contributed by atoms with Crippen molar-refractivity contribution in [2.75, 3.05) is 19.6 Å². The normalized spacial score (nSPS) is 17.6. The molecular formula is C15H32N2. The largest absolute Gasteiger partial charge is 0.317 e. The Kier molecular flexibility index (Phi) is 7.87. The molecule has 1 aliphatic rings. The van der Waals surface area contributed by atoms with Crippen LogP contribution < -0.4 is 5.32 Å². The molecule has 1 N–H and O–H groups in total. The summed E-state index contributed by atoms with van der Waals surface area (Å²) in [6.45, 7) is 10.7. The van der Waals surface area contributed by atoms with E-state index in [1.54, 1.807) is 0 Å². The topological polar surface area (TPSA) is 15.3 Å². The van der Waals surface area contributed by atoms with Gasteiger partial charge in [-0.3, -0.25) is 4.90 Å². The van der Waals surface area contributed by atoms with Crippen LogP contribution in [0.3, 0.4) is 0 Å². The Hall–Kier alpha value is -0.0800. The van der Waals surface area contributed by atoms with Gasteiger partial charge in [0.2, 0.25) is 0 Å². The predicted molar refractivity (Wildman–Crippen MR) is 76.5 cm³/mol. The number of hydrogen-bond acceptors (Lipinski definition) is 2. The lowest BCUT2D eigenvalue weighted by Gasteiger charge is -2.29. The monoisotopic (exact) mass is 240 g/mol. The minimum Gasteiger partial charge on any atom is -0.317 e. The van der Waals surface area contributed by atoms with Gasteiger partial charge in [0.05, 0.1) is 0 Å². The summed E-state index contributed by atoms with van der Waals surface area (Å²) in [5.74, 6) is 0. The van der Waals surface area contributed by atoms with Crippen LogP contribution in [0.25, 0.3) is 0 Å². The van der Waals surface area contributed by atoms with E-state index in [1.165, 1.54) is 64.6 Å². The van der Waals surface area contributed by atoms with Crippen molar-refractivity contribution in [2.45, 2.75) is 77.8 Å². The molecule has 0 amide bonds. The first-order chi connectivity index (χ1) is 8.29. The minimum atomic E-state index is 0.789. The van der Waals surface area contributed by atoms with Gasteiger partial charge < -0.3 is 5.32 Å². The van der Waals surface area contributed by atoms with Crippen LogP contribution in [0.15, 0.2) is 0 Å². The molecule has 2 heteroatoms. The number of nitrogens with one attached hydrogen (secondary N) is 1. The maximum atomic E-state index is 3.50. The smallest absolute Gasteiger partial charge is 0.00992 e. The molecule has 1 rings (SSSR count). The van der Waals surface area contributed by atoms with Crippen molar-refractivity contribution < 1.29 is 0 Å². The van der Waals surface area contributed by atoms with Gasteiger partial charge >= 0.3 is 0 Å². The molecule has 0 aromatic heterocycles. The zero-order valence-corrected chi connectivity index (χ0v) is 12.2. The molecule has 1 aliphatic carbocycles. The van der Waals surface area contributed by atoms with E-state index in [0.717, 1.165) is 12.1 Å². The van der Waals surface area contributed by atoms with Crippen molar-refractivity contribution in [1.82, 2.24) is 10.2 Å². The number of rotatable bonds is 11. The Bertz CT molecular complexity index is 178. The highest BCUT2D eigenvalue weighted by Gasteiger charge is 2.31. The first-order valence-electron chi connectivity index (χ1n) is 7.76. The summed E-state index contributed by atoms with van der Waals surface area (Å²) in [6, 6.07) is 1.72. The quantitative estimate of drug-likeness (QED) is 0.557. The summed E-state index contributed by atoms with van der Waals surface area (Å²) in [5, 5.41) is 3.50. The van der Waals surface area contributed by atoms with Crippen molar-refractivity contribution in [3.05, 3.63) is 0 Å². The van der Waals surface area contributed by atoms with Crippen LogP contribution in [0.5, 0.6) is 0 Å². The molecule has 102 valence electrons. The maximum Gasteiger partial charge on any atom is 0.00992 e. The zero-order chi connectivity index (χ0) is 12.5. The molecular weight excluding hydrogens is 208 g/mol. The van der Waals surface area contributed by atoms with Crippen LogP contribution in [0.4, 0.5) is 0 Å². The molecule has 2 nitrogen and oxygen atoms in total. The average Bonchev–Trinajstić information content (AvgIpc) is 3.14. The summed E-state index contributed by atoms with van der Waals surface area (Å²) in [4.78, 5) is 2.77. The van der Waals surface area contributed by atoms with E-state index in [0.29, 0.717) is 0 Å². The van der Waals surface area contributed by atoms with Crippen molar-refractivity contribution in [3.63, 3.8) is 0 Å². The first-order valence-corrected chi connectivity index (χ1v) is 7.76. The third kappa shape index (κ3) is 6.42. The van der Waals surface area contributed by atoms with Crippen LogP contribution >= 0.6 is 0 Å². The molecule has 17 heavy (non-hydrogen) atoms. The fourth-order valence-corrected chi connectivity index (χ4v) is 2.50. The van der Waals surface area contributed by atoms with Crippen LogP contribution in [0, 0.1) is 0 Å². The molecule has 1 atom stereocenters. The highest BCUT2D eigenvalue weighted by molar-refractivity contribution is 4.87. The van der Waals surface area contributed by atoms with Gasteiger partial charge in [0.25, 0.3) is 0 Å². The molecule has 0 heterocycles. The highest BCUT2D eigenvalue weighted by atomic mass is 15.2. The summed E-state index contributed by atoms with van der Waals surface area (Å²) in [6.07, 6.45) is 9.53. The van der Waals surface area contributed by atoms with Gasteiger partial charge in [0, 0.05) is 12.1 Å². The molecule has 1 unspecified atom stereocenters. The second-order valence-corrected chi connectivity index (χ2v) is 5.56. The summed E-state index contributed by atoms with van der Waals surface area (Å²) in [7, 11) is 0. The van der Waals surface area contributed by atoms with Crippen molar-refractivity contribution in [2.24, 2.45) is 0 Å². The van der Waals surface area contributed by atoms with E-state index in [1.807, 2.05) is 0 Å². The van der Waals surface area contributed by atoms with Crippen LogP contribution in [-0.4, -0.2) is 36.6 Å². The molecule has 0 saturated heterocycles. The molecule has 0 aromatic rings. The second-order valence-electron chi connectivity index (χ2n) is 5.56. The third-order valence-corrected chi connectivity index (χ3v) is 3.75. The van der Waals surface area contributed by atoms with Gasteiger partial charge in [-0.15, -0.1) is 0 Å². The number of hydrogen-bond donors (Lipinski definition) is 1. The van der Waals surface area contributed by atoms with Crippen LogP contribution in [0.1, 0.15) is 65.7 Å². The molecule has 0 aliphatic heterocycles. The zero-order valence-electron chi connectivity index (χ0n) is 12.2. The second kappa shape index (κ2) is 8.93. The molecule has 0 bridgehead atoms. The Morgan fingerprint density at radius 3 is 2.47 bits per heavy atom. The van der Waals surface area contributed by atoms with Crippen molar-refractivity contribution in [1.29, 1.82) is 0 Å². The maximum absolute atomic E-state index is 3.50. The molecule has 0 radical (unpaired) electrons. The van der Waals surface area contributed by atoms with Gasteiger partial charge in [0.15, 0.2) is 0 Å². The average molecular weight is 240 g/mol. The Labute approximate surface area is 108 Å². The van der Waals surface area contributed by atoms with Crippen molar-refractivity contribution >= 4 is 0 Å². The summed E-state index contributed by atoms with van der Waals surface area (Å²) < 4.78 is 0. The van der Waals surface area contributed by atoms with Gasteiger partial charge in [0.1, 0.15) is 0 Å². The van der Waals surface area contributed by atoms with Crippen LogP contribution in [0.2, 0.25) is 0 Å². The van der Waals surface area contributed by atoms with Gasteiger partial charge in [-0.2, -0.15) is 0 Å². The van der Waals surface area contributed by atoms with E-state index in [-0.39, 0.29) is 0 Å². The number of nitrogens with zero attached hydrogens (tertiary/aromatic N) is 1. The van der Waals surface area contributed by atoms with Gasteiger partial charge in [-0.25, -0.2) is 0 Å². The van der Waals surface area contributed by atoms with Gasteiger partial charge in [-0.1, -0.05) is 20.3 Å². The fraction of sp³-hybridized carbons (Fsp3) is 1.00. The standard InChI is InChI=1S/C15H32N2/c1-4-6-13-17(15-9-10-15)14(3)8-7-12-16-11-5-2/h14-16H,4-13H2,1-3H3. The summed E-state index contributed by atoms with van der Waals surface area (Å²) >= 11 is 0. The SMILES string of the molecule is CCCCN(C(C)CCCNCCC)C1CC1. The van der Waals surface area contributed by atoms with Crippen molar-refractivity contribution in [3.8, 4) is 0 Å². The Balaban J connectivity index is 2.11. The van der Waals surface area contributed by atoms with Crippen LogP contribution in [-0.2, 0) is 0 Å². The first kappa shape index (κ1) is 15.0. The lowest BCUT2D eigenvalue weighted by Crippen LogP contribution is -2.36. The molecule has 1 fully saturated rings. The molecule has 0 aromatic carbocycles.